The van der Waals surface area contributed by atoms with E-state index in [0.29, 0.717) is 28.0 Å². The average molecular weight is 488 g/mol. The van der Waals surface area contributed by atoms with Crippen LogP contribution in [0.25, 0.3) is 10.2 Å². The molecule has 0 radical (unpaired) electrons. The van der Waals surface area contributed by atoms with E-state index in [1.165, 1.54) is 18.4 Å². The number of fused-ring (bicyclic) bond motifs is 1. The largest absolute Gasteiger partial charge is 0.467 e. The third-order valence-corrected chi connectivity index (χ3v) is 6.61. The van der Waals surface area contributed by atoms with Gasteiger partial charge in [-0.1, -0.05) is 54.2 Å². The maximum atomic E-state index is 12.9. The maximum Gasteiger partial charge on any atom is 0.328 e. The topological polar surface area (TPSA) is 89.8 Å². The van der Waals surface area contributed by atoms with E-state index in [1.807, 2.05) is 44.2 Å². The summed E-state index contributed by atoms with van der Waals surface area (Å²) in [6, 6.07) is 20.8. The fourth-order valence-electron chi connectivity index (χ4n) is 3.73. The molecule has 0 aliphatic rings. The Bertz CT molecular complexity index is 1450. The molecule has 1 atom stereocenters. The van der Waals surface area contributed by atoms with Crippen molar-refractivity contribution in [2.24, 2.45) is 4.99 Å². The van der Waals surface area contributed by atoms with Crippen molar-refractivity contribution in [2.75, 3.05) is 12.4 Å². The van der Waals surface area contributed by atoms with Crippen molar-refractivity contribution in [3.05, 3.63) is 94.3 Å². The van der Waals surface area contributed by atoms with Crippen LogP contribution in [0.1, 0.15) is 45.7 Å². The number of hydrogen-bond donors (Lipinski definition) is 1. The van der Waals surface area contributed by atoms with Gasteiger partial charge in [0.15, 0.2) is 4.80 Å². The van der Waals surface area contributed by atoms with Gasteiger partial charge in [0, 0.05) is 16.8 Å². The number of rotatable bonds is 6. The second kappa shape index (κ2) is 10.5. The van der Waals surface area contributed by atoms with Crippen LogP contribution in [-0.2, 0) is 9.53 Å². The molecular formula is C27H25N3O4S. The van der Waals surface area contributed by atoms with E-state index in [9.17, 15) is 14.4 Å². The van der Waals surface area contributed by atoms with Gasteiger partial charge in [0.2, 0.25) is 0 Å². The van der Waals surface area contributed by atoms with Gasteiger partial charge in [-0.15, -0.1) is 0 Å². The van der Waals surface area contributed by atoms with E-state index < -0.39 is 17.9 Å². The monoisotopic (exact) mass is 487 g/mol. The number of hydrogen-bond acceptors (Lipinski definition) is 5. The smallest absolute Gasteiger partial charge is 0.328 e. The first-order chi connectivity index (χ1) is 16.9. The number of carbonyl (C=O) groups is 3. The number of benzene rings is 3. The van der Waals surface area contributed by atoms with Gasteiger partial charge in [0.25, 0.3) is 11.8 Å². The molecule has 0 aliphatic carbocycles. The van der Waals surface area contributed by atoms with Gasteiger partial charge in [-0.3, -0.25) is 9.59 Å². The fraction of sp³-hybridized carbons (Fsp3) is 0.185. The molecule has 178 valence electrons. The zero-order valence-corrected chi connectivity index (χ0v) is 20.5. The van der Waals surface area contributed by atoms with Gasteiger partial charge in [-0.25, -0.2) is 4.79 Å². The lowest BCUT2D eigenvalue weighted by molar-refractivity contribution is -0.144. The lowest BCUT2D eigenvalue weighted by Crippen LogP contribution is -2.28. The molecule has 0 bridgehead atoms. The Hall–Kier alpha value is -4.04. The zero-order chi connectivity index (χ0) is 24.9. The zero-order valence-electron chi connectivity index (χ0n) is 19.6. The lowest BCUT2D eigenvalue weighted by atomic mass is 10.1. The Balaban J connectivity index is 1.80. The minimum Gasteiger partial charge on any atom is -0.467 e. The lowest BCUT2D eigenvalue weighted by Gasteiger charge is -2.16. The normalized spacial score (nSPS) is 12.4. The van der Waals surface area contributed by atoms with E-state index in [1.54, 1.807) is 47.0 Å². The van der Waals surface area contributed by atoms with Crippen LogP contribution in [0, 0.1) is 6.92 Å². The average Bonchev–Trinajstić information content (AvgIpc) is 3.22. The molecule has 0 saturated carbocycles. The van der Waals surface area contributed by atoms with E-state index in [4.69, 9.17) is 4.74 Å². The van der Waals surface area contributed by atoms with Crippen molar-refractivity contribution in [3.8, 4) is 0 Å². The van der Waals surface area contributed by atoms with Gasteiger partial charge in [-0.2, -0.15) is 4.99 Å². The third-order valence-electron chi connectivity index (χ3n) is 5.59. The van der Waals surface area contributed by atoms with Crippen LogP contribution in [0.4, 0.5) is 5.69 Å². The molecule has 7 nitrogen and oxygen atoms in total. The number of ether oxygens (including phenoxy) is 1. The van der Waals surface area contributed by atoms with Crippen molar-refractivity contribution < 1.29 is 19.1 Å². The van der Waals surface area contributed by atoms with E-state index in [2.05, 4.69) is 10.3 Å². The molecule has 3 aromatic carbocycles. The van der Waals surface area contributed by atoms with Crippen LogP contribution in [0.5, 0.6) is 0 Å². The minimum absolute atomic E-state index is 0.227. The Morgan fingerprint density at radius 2 is 1.71 bits per heavy atom. The number of amides is 2. The summed E-state index contributed by atoms with van der Waals surface area (Å²) in [6.45, 7) is 3.82. The first kappa shape index (κ1) is 24.1. The number of anilines is 1. The summed E-state index contributed by atoms with van der Waals surface area (Å²) in [7, 11) is 1.34. The second-order valence-corrected chi connectivity index (χ2v) is 9.00. The summed E-state index contributed by atoms with van der Waals surface area (Å²) in [5, 5.41) is 2.90. The number of methoxy groups -OCH3 is 1. The number of carbonyl (C=O) groups excluding carboxylic acids is 3. The summed E-state index contributed by atoms with van der Waals surface area (Å²) in [5.41, 5.74) is 3.37. The van der Waals surface area contributed by atoms with Crippen LogP contribution in [0.2, 0.25) is 0 Å². The highest BCUT2D eigenvalue weighted by Crippen LogP contribution is 2.26. The van der Waals surface area contributed by atoms with Gasteiger partial charge < -0.3 is 14.6 Å². The summed E-state index contributed by atoms with van der Waals surface area (Å²) < 4.78 is 7.53. The van der Waals surface area contributed by atoms with Crippen molar-refractivity contribution in [1.82, 2.24) is 4.57 Å². The molecule has 0 fully saturated rings. The van der Waals surface area contributed by atoms with Crippen LogP contribution < -0.4 is 10.1 Å². The number of aromatic nitrogens is 1. The molecule has 8 heteroatoms. The Kier molecular flexibility index (Phi) is 7.22. The summed E-state index contributed by atoms with van der Waals surface area (Å²) in [5.74, 6) is -1.05. The third kappa shape index (κ3) is 5.22. The molecule has 0 saturated heterocycles. The van der Waals surface area contributed by atoms with Crippen molar-refractivity contribution >= 4 is 45.0 Å². The number of aryl methyl sites for hydroxylation is 1. The molecular weight excluding hydrogens is 462 g/mol. The standard InChI is InChI=1S/C27H25N3O4S/c1-4-21(26(33)34-3)30-22-15-14-20(28-24(31)18-8-6-5-7-9-18)16-23(22)35-27(30)29-25(32)19-12-10-17(2)11-13-19/h5-16,21H,4H2,1-3H3,(H,28,31). The molecule has 1 unspecified atom stereocenters. The minimum atomic E-state index is -0.650. The number of thiazole rings is 1. The molecule has 0 spiro atoms. The van der Waals surface area contributed by atoms with E-state index in [0.717, 1.165) is 15.8 Å². The Labute approximate surface area is 206 Å². The van der Waals surface area contributed by atoms with Gasteiger partial charge >= 0.3 is 5.97 Å². The van der Waals surface area contributed by atoms with Crippen molar-refractivity contribution in [3.63, 3.8) is 0 Å². The molecule has 1 aromatic heterocycles. The van der Waals surface area contributed by atoms with Crippen molar-refractivity contribution in [2.45, 2.75) is 26.3 Å². The molecule has 1 N–H and O–H groups in total. The van der Waals surface area contributed by atoms with Crippen LogP contribution in [0.3, 0.4) is 0 Å². The molecule has 4 rings (SSSR count). The summed E-state index contributed by atoms with van der Waals surface area (Å²) in [6.07, 6.45) is 0.455. The van der Waals surface area contributed by atoms with E-state index >= 15 is 0 Å². The highest BCUT2D eigenvalue weighted by atomic mass is 32.1. The second-order valence-electron chi connectivity index (χ2n) is 7.99. The molecule has 2 amide bonds. The maximum absolute atomic E-state index is 12.9. The van der Waals surface area contributed by atoms with Gasteiger partial charge in [0.1, 0.15) is 6.04 Å². The quantitative estimate of drug-likeness (QED) is 0.382. The molecule has 4 aromatic rings. The predicted octanol–water partition coefficient (Wildman–Crippen LogP) is 5.13. The Morgan fingerprint density at radius 1 is 1.00 bits per heavy atom. The summed E-state index contributed by atoms with van der Waals surface area (Å²) >= 11 is 1.28. The Morgan fingerprint density at radius 3 is 2.37 bits per heavy atom. The summed E-state index contributed by atoms with van der Waals surface area (Å²) in [4.78, 5) is 42.9. The van der Waals surface area contributed by atoms with Crippen LogP contribution in [0.15, 0.2) is 77.8 Å². The van der Waals surface area contributed by atoms with Crippen LogP contribution >= 0.6 is 11.3 Å². The van der Waals surface area contributed by atoms with Gasteiger partial charge in [0.05, 0.1) is 17.3 Å². The number of esters is 1. The fourth-order valence-corrected chi connectivity index (χ4v) is 4.84. The van der Waals surface area contributed by atoms with E-state index in [-0.39, 0.29) is 5.91 Å². The predicted molar refractivity (Wildman–Crippen MR) is 137 cm³/mol. The SMILES string of the molecule is CCC(C(=O)OC)n1c(=NC(=O)c2ccc(C)cc2)sc2cc(NC(=O)c3ccccc3)ccc21. The molecule has 0 aliphatic heterocycles. The number of nitrogens with zero attached hydrogens (tertiary/aromatic N) is 2. The highest BCUT2D eigenvalue weighted by Gasteiger charge is 2.24. The molecule has 35 heavy (non-hydrogen) atoms. The molecule has 1 heterocycles. The highest BCUT2D eigenvalue weighted by molar-refractivity contribution is 7.16. The number of nitrogens with one attached hydrogen (secondary N) is 1. The van der Waals surface area contributed by atoms with Crippen LogP contribution in [-0.4, -0.2) is 29.5 Å². The van der Waals surface area contributed by atoms with Crippen molar-refractivity contribution in [1.29, 1.82) is 0 Å². The first-order valence-corrected chi connectivity index (χ1v) is 12.0. The van der Waals surface area contributed by atoms with Gasteiger partial charge in [-0.05, 0) is 55.8 Å². The first-order valence-electron chi connectivity index (χ1n) is 11.2.